The Bertz CT molecular complexity index is 870. The van der Waals surface area contributed by atoms with E-state index in [2.05, 4.69) is 15.7 Å². The molecule has 0 fully saturated rings. The Balaban J connectivity index is 1.53. The van der Waals surface area contributed by atoms with E-state index in [0.29, 0.717) is 24.4 Å². The van der Waals surface area contributed by atoms with Crippen molar-refractivity contribution < 1.29 is 14.0 Å². The first kappa shape index (κ1) is 17.5. The monoisotopic (exact) mass is 352 g/mol. The van der Waals surface area contributed by atoms with E-state index < -0.39 is 0 Å². The largest absolute Gasteiger partial charge is 0.467 e. The van der Waals surface area contributed by atoms with Gasteiger partial charge in [-0.05, 0) is 24.1 Å². The number of rotatable bonds is 7. The highest BCUT2D eigenvalue weighted by molar-refractivity contribution is 5.95. The van der Waals surface area contributed by atoms with Gasteiger partial charge in [0.2, 0.25) is 5.91 Å². The number of amides is 2. The third-order valence-electron chi connectivity index (χ3n) is 3.87. The maximum atomic E-state index is 12.2. The summed E-state index contributed by atoms with van der Waals surface area (Å²) in [4.78, 5) is 24.3. The van der Waals surface area contributed by atoms with Crippen molar-refractivity contribution in [2.24, 2.45) is 7.05 Å². The second kappa shape index (κ2) is 8.15. The first-order chi connectivity index (χ1) is 12.6. The summed E-state index contributed by atoms with van der Waals surface area (Å²) in [5.41, 5.74) is 1.34. The molecule has 0 spiro atoms. The van der Waals surface area contributed by atoms with Crippen LogP contribution in [0.3, 0.4) is 0 Å². The van der Waals surface area contributed by atoms with Crippen LogP contribution in [0.5, 0.6) is 0 Å². The van der Waals surface area contributed by atoms with Crippen LogP contribution >= 0.6 is 0 Å². The lowest BCUT2D eigenvalue weighted by Gasteiger charge is -2.05. The van der Waals surface area contributed by atoms with Crippen LogP contribution in [0.15, 0.2) is 59.2 Å². The third-order valence-corrected chi connectivity index (χ3v) is 3.87. The molecular formula is C19H20N4O3. The molecule has 3 aromatic rings. The molecule has 1 aromatic carbocycles. The second-order valence-corrected chi connectivity index (χ2v) is 5.83. The Morgan fingerprint density at radius 2 is 1.96 bits per heavy atom. The van der Waals surface area contributed by atoms with Crippen molar-refractivity contribution in [3.63, 3.8) is 0 Å². The van der Waals surface area contributed by atoms with E-state index in [1.54, 1.807) is 31.5 Å². The number of furan rings is 1. The van der Waals surface area contributed by atoms with Gasteiger partial charge < -0.3 is 15.1 Å². The number of nitrogens with zero attached hydrogens (tertiary/aromatic N) is 2. The van der Waals surface area contributed by atoms with E-state index in [1.807, 2.05) is 30.3 Å². The fourth-order valence-electron chi connectivity index (χ4n) is 2.47. The van der Waals surface area contributed by atoms with Gasteiger partial charge in [0.1, 0.15) is 11.6 Å². The van der Waals surface area contributed by atoms with E-state index in [1.165, 1.54) is 4.68 Å². The van der Waals surface area contributed by atoms with Crippen LogP contribution in [0.2, 0.25) is 0 Å². The number of hydrogen-bond acceptors (Lipinski definition) is 4. The third kappa shape index (κ3) is 4.60. The van der Waals surface area contributed by atoms with Crippen LogP contribution in [-0.4, -0.2) is 21.6 Å². The highest BCUT2D eigenvalue weighted by atomic mass is 16.3. The summed E-state index contributed by atoms with van der Waals surface area (Å²) < 4.78 is 6.64. The lowest BCUT2D eigenvalue weighted by atomic mass is 10.1. The normalized spacial score (nSPS) is 10.5. The quantitative estimate of drug-likeness (QED) is 0.684. The van der Waals surface area contributed by atoms with Gasteiger partial charge in [-0.25, -0.2) is 0 Å². The number of carbonyl (C=O) groups excluding carboxylic acids is 2. The molecule has 0 saturated carbocycles. The van der Waals surface area contributed by atoms with Gasteiger partial charge in [-0.1, -0.05) is 30.3 Å². The summed E-state index contributed by atoms with van der Waals surface area (Å²) in [5, 5.41) is 9.65. The lowest BCUT2D eigenvalue weighted by molar-refractivity contribution is -0.116. The van der Waals surface area contributed by atoms with Gasteiger partial charge in [-0.3, -0.25) is 14.3 Å². The van der Waals surface area contributed by atoms with E-state index in [0.717, 1.165) is 5.56 Å². The molecule has 0 aliphatic carbocycles. The minimum atomic E-state index is -0.332. The number of nitrogens with one attached hydrogen (secondary N) is 2. The maximum Gasteiger partial charge on any atom is 0.272 e. The summed E-state index contributed by atoms with van der Waals surface area (Å²) in [7, 11) is 1.68. The maximum absolute atomic E-state index is 12.2. The highest BCUT2D eigenvalue weighted by Gasteiger charge is 2.14. The molecule has 0 unspecified atom stereocenters. The molecule has 7 heteroatoms. The topological polar surface area (TPSA) is 89.2 Å². The molecule has 2 aromatic heterocycles. The summed E-state index contributed by atoms with van der Waals surface area (Å²) in [6.45, 7) is 0.279. The molecule has 26 heavy (non-hydrogen) atoms. The number of benzene rings is 1. The van der Waals surface area contributed by atoms with Gasteiger partial charge in [-0.2, -0.15) is 5.10 Å². The summed E-state index contributed by atoms with van der Waals surface area (Å²) in [6, 6.07) is 14.9. The van der Waals surface area contributed by atoms with Gasteiger partial charge in [0.25, 0.3) is 5.91 Å². The molecule has 7 nitrogen and oxygen atoms in total. The zero-order valence-corrected chi connectivity index (χ0v) is 14.4. The van der Waals surface area contributed by atoms with Crippen LogP contribution in [-0.2, 0) is 24.8 Å². The van der Waals surface area contributed by atoms with Crippen molar-refractivity contribution in [2.75, 3.05) is 5.32 Å². The number of hydrogen-bond donors (Lipinski definition) is 2. The Kier molecular flexibility index (Phi) is 5.48. The number of aromatic nitrogens is 2. The van der Waals surface area contributed by atoms with E-state index in [9.17, 15) is 9.59 Å². The first-order valence-electron chi connectivity index (χ1n) is 8.30. The van der Waals surface area contributed by atoms with Crippen molar-refractivity contribution in [3.8, 4) is 0 Å². The number of aryl methyl sites for hydroxylation is 2. The van der Waals surface area contributed by atoms with E-state index in [-0.39, 0.29) is 24.1 Å². The van der Waals surface area contributed by atoms with Crippen LogP contribution in [0.4, 0.5) is 5.82 Å². The van der Waals surface area contributed by atoms with E-state index >= 15 is 0 Å². The smallest absolute Gasteiger partial charge is 0.272 e. The second-order valence-electron chi connectivity index (χ2n) is 5.83. The molecule has 0 aliphatic heterocycles. The molecule has 3 rings (SSSR count). The average molecular weight is 352 g/mol. The predicted molar refractivity (Wildman–Crippen MR) is 96.5 cm³/mol. The molecule has 2 heterocycles. The van der Waals surface area contributed by atoms with Gasteiger partial charge in [0.15, 0.2) is 5.69 Å². The summed E-state index contributed by atoms with van der Waals surface area (Å²) >= 11 is 0. The summed E-state index contributed by atoms with van der Waals surface area (Å²) in [6.07, 6.45) is 2.56. The minimum absolute atomic E-state index is 0.126. The predicted octanol–water partition coefficient (Wildman–Crippen LogP) is 2.51. The van der Waals surface area contributed by atoms with Gasteiger partial charge in [-0.15, -0.1) is 0 Å². The zero-order chi connectivity index (χ0) is 18.4. The first-order valence-corrected chi connectivity index (χ1v) is 8.30. The van der Waals surface area contributed by atoms with Crippen molar-refractivity contribution in [1.82, 2.24) is 15.1 Å². The van der Waals surface area contributed by atoms with Crippen molar-refractivity contribution in [3.05, 3.63) is 71.8 Å². The zero-order valence-electron chi connectivity index (χ0n) is 14.4. The molecule has 0 saturated heterocycles. The SMILES string of the molecule is Cn1nc(C(=O)NCc2ccco2)cc1NC(=O)CCc1ccccc1. The molecule has 2 N–H and O–H groups in total. The van der Waals surface area contributed by atoms with E-state index in [4.69, 9.17) is 4.42 Å². The highest BCUT2D eigenvalue weighted by Crippen LogP contribution is 2.11. The Morgan fingerprint density at radius 3 is 2.69 bits per heavy atom. The standard InChI is InChI=1S/C19H20N4O3/c1-23-17(21-18(24)10-9-14-6-3-2-4-7-14)12-16(22-23)19(25)20-13-15-8-5-11-26-15/h2-8,11-12H,9-10,13H2,1H3,(H,20,25)(H,21,24). The molecule has 0 bridgehead atoms. The Hall–Kier alpha value is -3.35. The van der Waals surface area contributed by atoms with Gasteiger partial charge >= 0.3 is 0 Å². The lowest BCUT2D eigenvalue weighted by Crippen LogP contribution is -2.23. The Morgan fingerprint density at radius 1 is 1.15 bits per heavy atom. The van der Waals surface area contributed by atoms with Crippen LogP contribution in [0.25, 0.3) is 0 Å². The number of carbonyl (C=O) groups is 2. The molecule has 134 valence electrons. The molecular weight excluding hydrogens is 332 g/mol. The van der Waals surface area contributed by atoms with Crippen LogP contribution in [0, 0.1) is 0 Å². The van der Waals surface area contributed by atoms with Crippen molar-refractivity contribution >= 4 is 17.6 Å². The summed E-state index contributed by atoms with van der Waals surface area (Å²) in [5.74, 6) is 0.677. The van der Waals surface area contributed by atoms with Crippen LogP contribution in [0.1, 0.15) is 28.2 Å². The molecule has 2 amide bonds. The average Bonchev–Trinajstić information content (AvgIpc) is 3.29. The van der Waals surface area contributed by atoms with Crippen LogP contribution < -0.4 is 10.6 Å². The van der Waals surface area contributed by atoms with Crippen molar-refractivity contribution in [1.29, 1.82) is 0 Å². The molecule has 0 atom stereocenters. The van der Waals surface area contributed by atoms with Gasteiger partial charge in [0.05, 0.1) is 12.8 Å². The van der Waals surface area contributed by atoms with Gasteiger partial charge in [0, 0.05) is 19.5 Å². The fraction of sp³-hybridized carbons (Fsp3) is 0.211. The number of anilines is 1. The Labute approximate surface area is 151 Å². The van der Waals surface area contributed by atoms with Crippen molar-refractivity contribution in [2.45, 2.75) is 19.4 Å². The fourth-order valence-corrected chi connectivity index (χ4v) is 2.47. The molecule has 0 aliphatic rings. The molecule has 0 radical (unpaired) electrons. The minimum Gasteiger partial charge on any atom is -0.467 e.